The molecule has 0 amide bonds. The maximum Gasteiger partial charge on any atom is 0.0939 e. The number of hydrogen-bond donors (Lipinski definition) is 1. The first-order chi connectivity index (χ1) is 7.04. The largest absolute Gasteiger partial charge is 0.316 e. The molecule has 0 aromatic carbocycles. The summed E-state index contributed by atoms with van der Waals surface area (Å²) in [4.78, 5) is 0. The average Bonchev–Trinajstić information content (AvgIpc) is 2.45. The van der Waals surface area contributed by atoms with Gasteiger partial charge in [0.15, 0.2) is 0 Å². The summed E-state index contributed by atoms with van der Waals surface area (Å²) in [6.07, 6.45) is 0. The second-order valence-electron chi connectivity index (χ2n) is 4.20. The monoisotopic (exact) mass is 227 g/mol. The van der Waals surface area contributed by atoms with Gasteiger partial charge in [0, 0.05) is 18.8 Å². The Bertz CT molecular complexity index is 307. The van der Waals surface area contributed by atoms with Gasteiger partial charge < -0.3 is 5.32 Å². The summed E-state index contributed by atoms with van der Waals surface area (Å²) in [5, 5.41) is 8.93. The van der Waals surface area contributed by atoms with Crippen molar-refractivity contribution in [2.75, 3.05) is 12.8 Å². The van der Waals surface area contributed by atoms with E-state index in [9.17, 15) is 0 Å². The van der Waals surface area contributed by atoms with Gasteiger partial charge in [-0.15, -0.1) is 11.8 Å². The van der Waals surface area contributed by atoms with Crippen LogP contribution in [0.3, 0.4) is 0 Å². The Morgan fingerprint density at radius 1 is 1.53 bits per heavy atom. The van der Waals surface area contributed by atoms with Crippen LogP contribution in [-0.2, 0) is 7.05 Å². The molecule has 1 N–H and O–H groups in total. The maximum atomic E-state index is 4.34. The molecule has 0 spiro atoms. The van der Waals surface area contributed by atoms with Gasteiger partial charge in [0.25, 0.3) is 0 Å². The van der Waals surface area contributed by atoms with Crippen LogP contribution in [0.25, 0.3) is 0 Å². The standard InChI is InChI=1S/C11H21N3S/c1-8(2)10(12-4)7-15-11-6-9(3)13-14(11)5/h6,8,10,12H,7H2,1-5H3. The van der Waals surface area contributed by atoms with Crippen molar-refractivity contribution in [1.29, 1.82) is 0 Å². The molecule has 1 heterocycles. The Kier molecular flexibility index (Phi) is 4.67. The van der Waals surface area contributed by atoms with Crippen molar-refractivity contribution in [1.82, 2.24) is 15.1 Å². The van der Waals surface area contributed by atoms with Crippen molar-refractivity contribution in [2.24, 2.45) is 13.0 Å². The number of aromatic nitrogens is 2. The number of thioether (sulfide) groups is 1. The summed E-state index contributed by atoms with van der Waals surface area (Å²) in [5.74, 6) is 1.75. The van der Waals surface area contributed by atoms with Gasteiger partial charge in [-0.2, -0.15) is 5.10 Å². The molecule has 0 aliphatic rings. The molecule has 0 fully saturated rings. The highest BCUT2D eigenvalue weighted by atomic mass is 32.2. The van der Waals surface area contributed by atoms with Crippen molar-refractivity contribution in [3.63, 3.8) is 0 Å². The molecule has 1 aromatic rings. The summed E-state index contributed by atoms with van der Waals surface area (Å²) in [6.45, 7) is 6.52. The Labute approximate surface area is 96.6 Å². The predicted molar refractivity (Wildman–Crippen MR) is 66.4 cm³/mol. The Hall–Kier alpha value is -0.480. The third-order valence-electron chi connectivity index (χ3n) is 2.55. The normalized spacial score (nSPS) is 13.5. The Balaban J connectivity index is 2.52. The molecule has 3 nitrogen and oxygen atoms in total. The number of rotatable bonds is 5. The number of nitrogens with zero attached hydrogens (tertiary/aromatic N) is 2. The minimum Gasteiger partial charge on any atom is -0.316 e. The SMILES string of the molecule is CNC(CSc1cc(C)nn1C)C(C)C. The van der Waals surface area contributed by atoms with Crippen LogP contribution in [0, 0.1) is 12.8 Å². The molecule has 0 radical (unpaired) electrons. The third-order valence-corrected chi connectivity index (χ3v) is 3.75. The van der Waals surface area contributed by atoms with E-state index < -0.39 is 0 Å². The van der Waals surface area contributed by atoms with Crippen LogP contribution in [-0.4, -0.2) is 28.6 Å². The number of hydrogen-bond acceptors (Lipinski definition) is 3. The molecular formula is C11H21N3S. The first-order valence-corrected chi connectivity index (χ1v) is 6.34. The van der Waals surface area contributed by atoms with Gasteiger partial charge in [0.2, 0.25) is 0 Å². The minimum atomic E-state index is 0.560. The number of nitrogens with one attached hydrogen (secondary N) is 1. The highest BCUT2D eigenvalue weighted by molar-refractivity contribution is 7.99. The third kappa shape index (κ3) is 3.54. The zero-order valence-electron chi connectivity index (χ0n) is 10.2. The molecular weight excluding hydrogens is 206 g/mol. The summed E-state index contributed by atoms with van der Waals surface area (Å²) < 4.78 is 1.95. The lowest BCUT2D eigenvalue weighted by atomic mass is 10.1. The summed E-state index contributed by atoms with van der Waals surface area (Å²) in [6, 6.07) is 2.70. The molecule has 0 aliphatic heterocycles. The summed E-state index contributed by atoms with van der Waals surface area (Å²) in [5.41, 5.74) is 1.09. The zero-order valence-corrected chi connectivity index (χ0v) is 11.1. The van der Waals surface area contributed by atoms with E-state index >= 15 is 0 Å². The van der Waals surface area contributed by atoms with Crippen LogP contribution in [0.1, 0.15) is 19.5 Å². The summed E-state index contributed by atoms with van der Waals surface area (Å²) in [7, 11) is 4.03. The van der Waals surface area contributed by atoms with Crippen molar-refractivity contribution in [2.45, 2.75) is 31.8 Å². The van der Waals surface area contributed by atoms with E-state index in [-0.39, 0.29) is 0 Å². The topological polar surface area (TPSA) is 29.9 Å². The van der Waals surface area contributed by atoms with Gasteiger partial charge in [-0.3, -0.25) is 4.68 Å². The molecule has 1 rings (SSSR count). The van der Waals surface area contributed by atoms with E-state index in [2.05, 4.69) is 30.3 Å². The molecule has 86 valence electrons. The van der Waals surface area contributed by atoms with E-state index in [1.54, 1.807) is 0 Å². The number of aryl methyl sites for hydroxylation is 2. The quantitative estimate of drug-likeness (QED) is 0.781. The van der Waals surface area contributed by atoms with Crippen molar-refractivity contribution in [3.05, 3.63) is 11.8 Å². The fraction of sp³-hybridized carbons (Fsp3) is 0.727. The Morgan fingerprint density at radius 3 is 2.60 bits per heavy atom. The lowest BCUT2D eigenvalue weighted by molar-refractivity contribution is 0.465. The smallest absolute Gasteiger partial charge is 0.0939 e. The predicted octanol–water partition coefficient (Wildman–Crippen LogP) is 2.06. The van der Waals surface area contributed by atoms with Gasteiger partial charge in [-0.05, 0) is 26.0 Å². The van der Waals surface area contributed by atoms with Gasteiger partial charge >= 0.3 is 0 Å². The van der Waals surface area contributed by atoms with Gasteiger partial charge in [-0.1, -0.05) is 13.8 Å². The highest BCUT2D eigenvalue weighted by Crippen LogP contribution is 2.20. The van der Waals surface area contributed by atoms with E-state index in [1.807, 2.05) is 37.5 Å². The Morgan fingerprint density at radius 2 is 2.20 bits per heavy atom. The van der Waals surface area contributed by atoms with E-state index in [4.69, 9.17) is 0 Å². The second kappa shape index (κ2) is 5.56. The van der Waals surface area contributed by atoms with Crippen LogP contribution in [0.4, 0.5) is 0 Å². The summed E-state index contributed by atoms with van der Waals surface area (Å²) >= 11 is 1.87. The maximum absolute atomic E-state index is 4.34. The molecule has 0 saturated carbocycles. The second-order valence-corrected chi connectivity index (χ2v) is 5.24. The molecule has 0 saturated heterocycles. The van der Waals surface area contributed by atoms with Crippen LogP contribution in [0.15, 0.2) is 11.1 Å². The molecule has 4 heteroatoms. The molecule has 1 unspecified atom stereocenters. The van der Waals surface area contributed by atoms with Crippen LogP contribution in [0.5, 0.6) is 0 Å². The lowest BCUT2D eigenvalue weighted by Crippen LogP contribution is -2.32. The van der Waals surface area contributed by atoms with Gasteiger partial charge in [-0.25, -0.2) is 0 Å². The first kappa shape index (κ1) is 12.6. The molecule has 15 heavy (non-hydrogen) atoms. The minimum absolute atomic E-state index is 0.560. The van der Waals surface area contributed by atoms with Gasteiger partial charge in [0.05, 0.1) is 10.7 Å². The zero-order chi connectivity index (χ0) is 11.4. The molecule has 1 atom stereocenters. The molecule has 1 aromatic heterocycles. The fourth-order valence-electron chi connectivity index (χ4n) is 1.51. The van der Waals surface area contributed by atoms with E-state index in [0.29, 0.717) is 12.0 Å². The lowest BCUT2D eigenvalue weighted by Gasteiger charge is -2.19. The van der Waals surface area contributed by atoms with Crippen LogP contribution in [0.2, 0.25) is 0 Å². The fourth-order valence-corrected chi connectivity index (χ4v) is 2.89. The van der Waals surface area contributed by atoms with E-state index in [0.717, 1.165) is 11.4 Å². The van der Waals surface area contributed by atoms with Crippen molar-refractivity contribution < 1.29 is 0 Å². The average molecular weight is 227 g/mol. The van der Waals surface area contributed by atoms with Crippen LogP contribution < -0.4 is 5.32 Å². The van der Waals surface area contributed by atoms with Crippen molar-refractivity contribution in [3.8, 4) is 0 Å². The molecule has 0 aliphatic carbocycles. The van der Waals surface area contributed by atoms with Gasteiger partial charge in [0.1, 0.15) is 0 Å². The van der Waals surface area contributed by atoms with E-state index in [1.165, 1.54) is 5.03 Å². The van der Waals surface area contributed by atoms with Crippen molar-refractivity contribution >= 4 is 11.8 Å². The first-order valence-electron chi connectivity index (χ1n) is 5.35. The highest BCUT2D eigenvalue weighted by Gasteiger charge is 2.12. The molecule has 0 bridgehead atoms. The van der Waals surface area contributed by atoms with Crippen LogP contribution >= 0.6 is 11.8 Å².